The van der Waals surface area contributed by atoms with Crippen molar-refractivity contribution >= 4 is 17.5 Å². The lowest BCUT2D eigenvalue weighted by molar-refractivity contribution is 0.190. The van der Waals surface area contributed by atoms with E-state index in [4.69, 9.17) is 4.74 Å². The van der Waals surface area contributed by atoms with Crippen molar-refractivity contribution in [3.05, 3.63) is 36.0 Å². The highest BCUT2D eigenvalue weighted by atomic mass is 16.5. The first-order chi connectivity index (χ1) is 13.9. The minimum Gasteiger partial charge on any atom is -0.494 e. The van der Waals surface area contributed by atoms with E-state index in [1.54, 1.807) is 0 Å². The van der Waals surface area contributed by atoms with Crippen molar-refractivity contribution in [3.63, 3.8) is 0 Å². The Balaban J connectivity index is 1.54. The number of benzene rings is 1. The number of carbonyl (C=O) groups excluding carboxylic acids is 1. The summed E-state index contributed by atoms with van der Waals surface area (Å²) in [6.07, 6.45) is 1.12. The Morgan fingerprint density at radius 1 is 1.28 bits per heavy atom. The molecule has 3 fully saturated rings. The molecule has 2 aromatic rings. The number of urea groups is 1. The number of nitrogens with zero attached hydrogens (tertiary/aromatic N) is 3. The van der Waals surface area contributed by atoms with Crippen molar-refractivity contribution in [2.24, 2.45) is 11.3 Å². The molecule has 1 aromatic heterocycles. The molecule has 2 atom stereocenters. The van der Waals surface area contributed by atoms with E-state index in [1.165, 1.54) is 5.69 Å². The van der Waals surface area contributed by atoms with Crippen LogP contribution in [0.1, 0.15) is 32.9 Å². The van der Waals surface area contributed by atoms with Gasteiger partial charge in [0.15, 0.2) is 5.82 Å². The first kappa shape index (κ1) is 19.6. The van der Waals surface area contributed by atoms with Crippen molar-refractivity contribution in [3.8, 4) is 5.75 Å². The number of hydrogen-bond acceptors (Lipinski definition) is 4. The fourth-order valence-corrected chi connectivity index (χ4v) is 4.86. The van der Waals surface area contributed by atoms with Gasteiger partial charge in [-0.2, -0.15) is 5.10 Å². The second-order valence-electron chi connectivity index (χ2n) is 8.93. The molecular formula is C22H31N5O2. The van der Waals surface area contributed by atoms with Crippen LogP contribution in [-0.4, -0.2) is 53.4 Å². The van der Waals surface area contributed by atoms with Gasteiger partial charge in [-0.1, -0.05) is 13.8 Å². The summed E-state index contributed by atoms with van der Waals surface area (Å²) in [6, 6.07) is 10.4. The van der Waals surface area contributed by atoms with Crippen LogP contribution in [-0.2, 0) is 0 Å². The Kier molecular flexibility index (Phi) is 5.15. The van der Waals surface area contributed by atoms with Gasteiger partial charge >= 0.3 is 6.03 Å². The van der Waals surface area contributed by atoms with Crippen LogP contribution in [0, 0.1) is 18.3 Å². The number of carbonyl (C=O) groups is 1. The number of hydrogen-bond donors (Lipinski definition) is 2. The number of rotatable bonds is 4. The van der Waals surface area contributed by atoms with Crippen LogP contribution < -0.4 is 15.0 Å². The number of fused-ring (bicyclic) bond motifs is 4. The molecule has 29 heavy (non-hydrogen) atoms. The summed E-state index contributed by atoms with van der Waals surface area (Å²) in [5.74, 6) is 1.90. The molecule has 2 N–H and O–H groups in total. The maximum Gasteiger partial charge on any atom is 0.323 e. The Hall–Kier alpha value is -2.70. The quantitative estimate of drug-likeness (QED) is 0.821. The van der Waals surface area contributed by atoms with Gasteiger partial charge in [0.2, 0.25) is 0 Å². The summed E-state index contributed by atoms with van der Waals surface area (Å²) < 4.78 is 5.59. The molecule has 156 valence electrons. The van der Waals surface area contributed by atoms with Crippen molar-refractivity contribution < 1.29 is 9.53 Å². The first-order valence-corrected chi connectivity index (χ1v) is 10.4. The van der Waals surface area contributed by atoms with Crippen LogP contribution in [0.15, 0.2) is 30.3 Å². The molecule has 5 rings (SSSR count). The molecule has 7 nitrogen and oxygen atoms in total. The summed E-state index contributed by atoms with van der Waals surface area (Å²) in [6.45, 7) is 11.7. The van der Waals surface area contributed by atoms with Gasteiger partial charge in [0.05, 0.1) is 12.6 Å². The zero-order chi connectivity index (χ0) is 20.6. The van der Waals surface area contributed by atoms with Crippen LogP contribution in [0.5, 0.6) is 5.75 Å². The lowest BCUT2D eigenvalue weighted by Crippen LogP contribution is -2.54. The summed E-state index contributed by atoms with van der Waals surface area (Å²) in [5, 5.41) is 9.95. The third-order valence-electron chi connectivity index (χ3n) is 6.13. The van der Waals surface area contributed by atoms with Crippen LogP contribution in [0.3, 0.4) is 0 Å². The summed E-state index contributed by atoms with van der Waals surface area (Å²) >= 11 is 0. The second kappa shape index (κ2) is 7.61. The molecule has 2 bridgehead atoms. The molecule has 3 aliphatic rings. The summed E-state index contributed by atoms with van der Waals surface area (Å²) in [4.78, 5) is 17.4. The Labute approximate surface area is 172 Å². The number of aromatic nitrogens is 2. The highest BCUT2D eigenvalue weighted by molar-refractivity contribution is 5.88. The van der Waals surface area contributed by atoms with Gasteiger partial charge in [-0.05, 0) is 55.9 Å². The zero-order valence-corrected chi connectivity index (χ0v) is 17.7. The van der Waals surface area contributed by atoms with E-state index in [0.717, 1.165) is 31.0 Å². The fourth-order valence-electron chi connectivity index (χ4n) is 4.86. The minimum absolute atomic E-state index is 0.0715. The highest BCUT2D eigenvalue weighted by Crippen LogP contribution is 2.43. The first-order valence-electron chi connectivity index (χ1n) is 10.4. The summed E-state index contributed by atoms with van der Waals surface area (Å²) in [5.41, 5.74) is 2.25. The van der Waals surface area contributed by atoms with E-state index < -0.39 is 0 Å². The third kappa shape index (κ3) is 4.04. The van der Waals surface area contributed by atoms with Gasteiger partial charge in [-0.15, -0.1) is 0 Å². The topological polar surface area (TPSA) is 73.5 Å². The molecule has 3 saturated heterocycles. The van der Waals surface area contributed by atoms with Gasteiger partial charge < -0.3 is 14.5 Å². The van der Waals surface area contributed by atoms with E-state index in [9.17, 15) is 4.79 Å². The van der Waals surface area contributed by atoms with E-state index in [2.05, 4.69) is 46.4 Å². The Bertz CT molecular complexity index is 860. The van der Waals surface area contributed by atoms with Crippen molar-refractivity contribution in [1.82, 2.24) is 15.1 Å². The number of aryl methyl sites for hydroxylation is 1. The fraction of sp³-hybridized carbons (Fsp3) is 0.545. The van der Waals surface area contributed by atoms with E-state index in [-0.39, 0.29) is 17.5 Å². The van der Waals surface area contributed by atoms with Crippen molar-refractivity contribution in [1.29, 1.82) is 0 Å². The molecule has 2 amide bonds. The normalized spacial score (nSPS) is 23.0. The van der Waals surface area contributed by atoms with Crippen LogP contribution in [0.25, 0.3) is 0 Å². The molecule has 0 saturated carbocycles. The Morgan fingerprint density at radius 2 is 2.03 bits per heavy atom. The predicted molar refractivity (Wildman–Crippen MR) is 115 cm³/mol. The second-order valence-corrected chi connectivity index (χ2v) is 8.93. The molecule has 0 spiro atoms. The molecule has 7 heteroatoms. The molecule has 1 unspecified atom stereocenters. The van der Waals surface area contributed by atoms with Crippen LogP contribution in [0.2, 0.25) is 0 Å². The lowest BCUT2D eigenvalue weighted by atomic mass is 9.73. The van der Waals surface area contributed by atoms with Gasteiger partial charge in [0.1, 0.15) is 5.75 Å². The zero-order valence-electron chi connectivity index (χ0n) is 17.7. The monoisotopic (exact) mass is 397 g/mol. The number of ether oxygens (including phenoxy) is 1. The van der Waals surface area contributed by atoms with Crippen LogP contribution in [0.4, 0.5) is 16.3 Å². The third-order valence-corrected chi connectivity index (χ3v) is 6.13. The van der Waals surface area contributed by atoms with Gasteiger partial charge in [-0.25, -0.2) is 4.79 Å². The molecule has 0 aliphatic carbocycles. The number of aromatic amines is 1. The molecule has 3 aliphatic heterocycles. The van der Waals surface area contributed by atoms with Crippen molar-refractivity contribution in [2.75, 3.05) is 36.5 Å². The van der Waals surface area contributed by atoms with Gasteiger partial charge in [0.25, 0.3) is 0 Å². The van der Waals surface area contributed by atoms with Gasteiger partial charge in [0, 0.05) is 37.1 Å². The maximum absolute atomic E-state index is 12.9. The lowest BCUT2D eigenvalue weighted by Gasteiger charge is -2.48. The van der Waals surface area contributed by atoms with Gasteiger partial charge in [-0.3, -0.25) is 10.4 Å². The standard InChI is InChI=1S/C22H31N5O2/c1-5-29-18-8-6-17(7-9-18)27-13-16-11-22(3,4)19(27)14-26(12-16)21(28)23-20-10-15(2)24-25-20/h6-10,16,19H,5,11-14H2,1-4H3,(H2,23,24,25,28)/t16-,19?/m1/s1. The molecular weight excluding hydrogens is 366 g/mol. The highest BCUT2D eigenvalue weighted by Gasteiger charge is 2.46. The number of amides is 2. The largest absolute Gasteiger partial charge is 0.494 e. The van der Waals surface area contributed by atoms with Crippen LogP contribution >= 0.6 is 0 Å². The SMILES string of the molecule is CCOc1ccc(N2C[C@H]3CN(C(=O)Nc4cc(C)[nH]n4)CC2C(C)(C)C3)cc1. The minimum atomic E-state index is -0.0715. The number of piperidine rings is 1. The predicted octanol–water partition coefficient (Wildman–Crippen LogP) is 3.89. The number of H-pyrrole nitrogens is 1. The average molecular weight is 398 g/mol. The summed E-state index contributed by atoms with van der Waals surface area (Å²) in [7, 11) is 0. The molecule has 0 radical (unpaired) electrons. The molecule has 1 aromatic carbocycles. The van der Waals surface area contributed by atoms with Crippen molar-refractivity contribution in [2.45, 2.75) is 40.2 Å². The average Bonchev–Trinajstić information content (AvgIpc) is 2.91. The molecule has 4 heterocycles. The van der Waals surface area contributed by atoms with E-state index in [1.807, 2.05) is 36.9 Å². The smallest absolute Gasteiger partial charge is 0.323 e. The van der Waals surface area contributed by atoms with E-state index in [0.29, 0.717) is 24.9 Å². The number of anilines is 2. The Morgan fingerprint density at radius 3 is 2.69 bits per heavy atom. The number of nitrogens with one attached hydrogen (secondary N) is 2. The van der Waals surface area contributed by atoms with E-state index >= 15 is 0 Å². The maximum atomic E-state index is 12.9.